The molecule has 0 unspecified atom stereocenters. The molecule has 140 valence electrons. The summed E-state index contributed by atoms with van der Waals surface area (Å²) in [5, 5.41) is 1.11. The van der Waals surface area contributed by atoms with Crippen LogP contribution in [0.15, 0.2) is 60.8 Å². The monoisotopic (exact) mass is 369 g/mol. The molecule has 2 amide bonds. The normalized spacial score (nSPS) is 11.8. The molecule has 2 N–H and O–H groups in total. The van der Waals surface area contributed by atoms with Crippen molar-refractivity contribution < 1.29 is 18.7 Å². The first-order valence-corrected chi connectivity index (χ1v) is 8.58. The lowest BCUT2D eigenvalue weighted by molar-refractivity contribution is -0.132. The number of hydrogen-bond donors (Lipinski definition) is 2. The van der Waals surface area contributed by atoms with Crippen molar-refractivity contribution >= 4 is 22.7 Å². The summed E-state index contributed by atoms with van der Waals surface area (Å²) in [7, 11) is 0. The number of amides is 2. The maximum atomic E-state index is 12.9. The summed E-state index contributed by atoms with van der Waals surface area (Å²) >= 11 is 0. The molecule has 7 heteroatoms. The number of hydrogen-bond acceptors (Lipinski definition) is 3. The molecular formula is C20H20FN3O3. The second-order valence-corrected chi connectivity index (χ2v) is 6.07. The minimum absolute atomic E-state index is 0.214. The molecule has 3 aromatic rings. The number of halogens is 1. The Hall–Kier alpha value is -3.35. The van der Waals surface area contributed by atoms with Crippen LogP contribution < -0.4 is 15.6 Å². The molecule has 0 aliphatic heterocycles. The molecule has 1 atom stereocenters. The fraction of sp³-hybridized carbons (Fsp3) is 0.200. The third kappa shape index (κ3) is 4.84. The van der Waals surface area contributed by atoms with Crippen LogP contribution in [0.1, 0.15) is 13.3 Å². The Bertz CT molecular complexity index is 937. The number of benzene rings is 2. The van der Waals surface area contributed by atoms with E-state index in [2.05, 4.69) is 10.9 Å². The number of aryl methyl sites for hydroxylation is 1. The molecule has 2 aromatic carbocycles. The number of fused-ring (bicyclic) bond motifs is 1. The minimum Gasteiger partial charge on any atom is -0.481 e. The first-order chi connectivity index (χ1) is 13.0. The van der Waals surface area contributed by atoms with Crippen molar-refractivity contribution in [1.29, 1.82) is 0 Å². The number of nitrogens with one attached hydrogen (secondary N) is 2. The summed E-state index contributed by atoms with van der Waals surface area (Å²) in [6, 6.07) is 15.2. The zero-order valence-corrected chi connectivity index (χ0v) is 14.8. The number of nitrogens with zero attached hydrogens (tertiary/aromatic N) is 1. The Morgan fingerprint density at radius 3 is 2.59 bits per heavy atom. The van der Waals surface area contributed by atoms with Gasteiger partial charge in [0.25, 0.3) is 5.91 Å². The highest BCUT2D eigenvalue weighted by atomic mass is 19.1. The first kappa shape index (κ1) is 18.4. The summed E-state index contributed by atoms with van der Waals surface area (Å²) in [6.45, 7) is 2.04. The van der Waals surface area contributed by atoms with Crippen LogP contribution in [0.25, 0.3) is 10.9 Å². The van der Waals surface area contributed by atoms with Crippen LogP contribution in [0, 0.1) is 5.82 Å². The van der Waals surface area contributed by atoms with Crippen molar-refractivity contribution in [2.45, 2.75) is 26.0 Å². The number of ether oxygens (including phenoxy) is 1. The van der Waals surface area contributed by atoms with Gasteiger partial charge in [-0.05, 0) is 48.7 Å². The molecule has 3 rings (SSSR count). The van der Waals surface area contributed by atoms with Gasteiger partial charge in [0.2, 0.25) is 5.91 Å². The summed E-state index contributed by atoms with van der Waals surface area (Å²) in [5.74, 6) is -0.832. The SMILES string of the molecule is C[C@@H](Oc1ccc(F)cc1)C(=O)NNC(=O)CCn1ccc2ccccc21. The molecule has 0 aliphatic rings. The zero-order chi connectivity index (χ0) is 19.2. The van der Waals surface area contributed by atoms with Crippen molar-refractivity contribution in [2.75, 3.05) is 0 Å². The van der Waals surface area contributed by atoms with Crippen LogP contribution in [0.5, 0.6) is 5.75 Å². The molecule has 0 radical (unpaired) electrons. The van der Waals surface area contributed by atoms with Crippen LogP contribution >= 0.6 is 0 Å². The number of carbonyl (C=O) groups excluding carboxylic acids is 2. The lowest BCUT2D eigenvalue weighted by Gasteiger charge is -2.15. The average Bonchev–Trinajstić information content (AvgIpc) is 3.09. The van der Waals surface area contributed by atoms with Gasteiger partial charge < -0.3 is 9.30 Å². The lowest BCUT2D eigenvalue weighted by Crippen LogP contribution is -2.47. The fourth-order valence-electron chi connectivity index (χ4n) is 2.62. The summed E-state index contributed by atoms with van der Waals surface area (Å²) in [4.78, 5) is 24.0. The maximum Gasteiger partial charge on any atom is 0.279 e. The van der Waals surface area contributed by atoms with Crippen molar-refractivity contribution in [1.82, 2.24) is 15.4 Å². The maximum absolute atomic E-state index is 12.9. The van der Waals surface area contributed by atoms with E-state index >= 15 is 0 Å². The Balaban J connectivity index is 1.44. The smallest absolute Gasteiger partial charge is 0.279 e. The number of aromatic nitrogens is 1. The number of rotatable bonds is 6. The van der Waals surface area contributed by atoms with E-state index in [1.54, 1.807) is 0 Å². The second-order valence-electron chi connectivity index (χ2n) is 6.07. The Kier molecular flexibility index (Phi) is 5.71. The molecule has 0 bridgehead atoms. The zero-order valence-electron chi connectivity index (χ0n) is 14.8. The van der Waals surface area contributed by atoms with E-state index in [1.807, 2.05) is 41.1 Å². The molecule has 0 spiro atoms. The van der Waals surface area contributed by atoms with Gasteiger partial charge in [-0.15, -0.1) is 0 Å². The highest BCUT2D eigenvalue weighted by Crippen LogP contribution is 2.15. The van der Waals surface area contributed by atoms with E-state index in [4.69, 9.17) is 4.74 Å². The van der Waals surface area contributed by atoms with Gasteiger partial charge in [0.05, 0.1) is 0 Å². The Morgan fingerprint density at radius 1 is 1.07 bits per heavy atom. The predicted molar refractivity (Wildman–Crippen MR) is 99.3 cm³/mol. The van der Waals surface area contributed by atoms with Crippen LogP contribution in [-0.2, 0) is 16.1 Å². The molecule has 6 nitrogen and oxygen atoms in total. The lowest BCUT2D eigenvalue weighted by atomic mass is 10.2. The molecule has 0 saturated heterocycles. The molecule has 27 heavy (non-hydrogen) atoms. The summed E-state index contributed by atoms with van der Waals surface area (Å²) in [5.41, 5.74) is 5.76. The third-order valence-electron chi connectivity index (χ3n) is 4.08. The molecule has 1 aromatic heterocycles. The van der Waals surface area contributed by atoms with Gasteiger partial charge in [0, 0.05) is 24.7 Å². The molecule has 0 aliphatic carbocycles. The van der Waals surface area contributed by atoms with E-state index < -0.39 is 12.0 Å². The highest BCUT2D eigenvalue weighted by Gasteiger charge is 2.15. The highest BCUT2D eigenvalue weighted by molar-refractivity contribution is 5.85. The third-order valence-corrected chi connectivity index (χ3v) is 4.08. The quantitative estimate of drug-likeness (QED) is 0.657. The van der Waals surface area contributed by atoms with Crippen LogP contribution in [0.4, 0.5) is 4.39 Å². The number of carbonyl (C=O) groups is 2. The Morgan fingerprint density at radius 2 is 1.81 bits per heavy atom. The van der Waals surface area contributed by atoms with Crippen molar-refractivity contribution in [3.8, 4) is 5.75 Å². The van der Waals surface area contributed by atoms with E-state index in [0.29, 0.717) is 12.3 Å². The average molecular weight is 369 g/mol. The van der Waals surface area contributed by atoms with Crippen LogP contribution in [0.3, 0.4) is 0 Å². The summed E-state index contributed by atoms with van der Waals surface area (Å²) in [6.07, 6.45) is 1.30. The summed E-state index contributed by atoms with van der Waals surface area (Å²) < 4.78 is 20.2. The van der Waals surface area contributed by atoms with E-state index in [0.717, 1.165) is 10.9 Å². The predicted octanol–water partition coefficient (Wildman–Crippen LogP) is 2.79. The fourth-order valence-corrected chi connectivity index (χ4v) is 2.62. The van der Waals surface area contributed by atoms with Gasteiger partial charge in [-0.3, -0.25) is 20.4 Å². The van der Waals surface area contributed by atoms with Gasteiger partial charge in [0.15, 0.2) is 6.10 Å². The molecule has 0 saturated carbocycles. The molecule has 0 fully saturated rings. The Labute approximate surface area is 155 Å². The van der Waals surface area contributed by atoms with Gasteiger partial charge in [-0.2, -0.15) is 0 Å². The largest absolute Gasteiger partial charge is 0.481 e. The molecular weight excluding hydrogens is 349 g/mol. The number of hydrazine groups is 1. The van der Waals surface area contributed by atoms with Crippen molar-refractivity contribution in [3.63, 3.8) is 0 Å². The van der Waals surface area contributed by atoms with Crippen LogP contribution in [0.2, 0.25) is 0 Å². The van der Waals surface area contributed by atoms with Crippen molar-refractivity contribution in [3.05, 3.63) is 66.6 Å². The van der Waals surface area contributed by atoms with Crippen LogP contribution in [-0.4, -0.2) is 22.5 Å². The minimum atomic E-state index is -0.843. The van der Waals surface area contributed by atoms with Crippen molar-refractivity contribution in [2.24, 2.45) is 0 Å². The van der Waals surface area contributed by atoms with Gasteiger partial charge in [-0.1, -0.05) is 18.2 Å². The van der Waals surface area contributed by atoms with Gasteiger partial charge in [0.1, 0.15) is 11.6 Å². The van der Waals surface area contributed by atoms with Gasteiger partial charge >= 0.3 is 0 Å². The number of para-hydroxylation sites is 1. The topological polar surface area (TPSA) is 72.4 Å². The second kappa shape index (κ2) is 8.35. The van der Waals surface area contributed by atoms with Gasteiger partial charge in [-0.25, -0.2) is 4.39 Å². The first-order valence-electron chi connectivity index (χ1n) is 8.58. The van der Waals surface area contributed by atoms with E-state index in [-0.39, 0.29) is 18.1 Å². The van der Waals surface area contributed by atoms with E-state index in [9.17, 15) is 14.0 Å². The molecule has 1 heterocycles. The van der Waals surface area contributed by atoms with E-state index in [1.165, 1.54) is 31.2 Å². The standard InChI is InChI=1S/C20H20FN3O3/c1-14(27-17-8-6-16(21)7-9-17)20(26)23-22-19(25)11-13-24-12-10-15-4-2-3-5-18(15)24/h2-10,12,14H,11,13H2,1H3,(H,22,25)(H,23,26)/t14-/m1/s1.